The number of aromatic nitrogens is 1. The zero-order valence-corrected chi connectivity index (χ0v) is 23.0. The molecule has 3 aromatic rings. The van der Waals surface area contributed by atoms with Gasteiger partial charge in [0.1, 0.15) is 0 Å². The van der Waals surface area contributed by atoms with Crippen molar-refractivity contribution in [3.8, 4) is 11.1 Å². The number of nitrogens with one attached hydrogen (secondary N) is 1. The van der Waals surface area contributed by atoms with E-state index < -0.39 is 10.0 Å². The average molecular weight is 538 g/mol. The Kier molecular flexibility index (Phi) is 8.18. The van der Waals surface area contributed by atoms with E-state index in [4.69, 9.17) is 5.73 Å². The highest BCUT2D eigenvalue weighted by molar-refractivity contribution is 7.89. The van der Waals surface area contributed by atoms with Crippen LogP contribution < -0.4 is 5.73 Å². The van der Waals surface area contributed by atoms with Gasteiger partial charge in [-0.05, 0) is 73.2 Å². The fourth-order valence-electron chi connectivity index (χ4n) is 5.91. The van der Waals surface area contributed by atoms with Crippen LogP contribution in [0.3, 0.4) is 0 Å². The van der Waals surface area contributed by atoms with E-state index in [9.17, 15) is 13.2 Å². The molecule has 0 unspecified atom stereocenters. The monoisotopic (exact) mass is 537 g/mol. The van der Waals surface area contributed by atoms with E-state index in [1.54, 1.807) is 4.31 Å². The smallest absolute Gasteiger partial charge is 0.221 e. The molecule has 0 radical (unpaired) electrons. The summed E-state index contributed by atoms with van der Waals surface area (Å²) in [6.45, 7) is 6.05. The van der Waals surface area contributed by atoms with E-state index in [0.29, 0.717) is 19.5 Å². The highest BCUT2D eigenvalue weighted by Gasteiger charge is 2.30. The van der Waals surface area contributed by atoms with Crippen molar-refractivity contribution in [3.05, 3.63) is 59.8 Å². The van der Waals surface area contributed by atoms with E-state index in [-0.39, 0.29) is 24.0 Å². The number of likely N-dealkylation sites (N-methyl/N-ethyl adjacent to an activating group) is 1. The van der Waals surface area contributed by atoms with Crippen molar-refractivity contribution in [2.45, 2.75) is 31.6 Å². The minimum atomic E-state index is -3.26. The molecule has 0 saturated carbocycles. The minimum Gasteiger partial charge on any atom is -0.369 e. The first-order valence-corrected chi connectivity index (χ1v) is 15.3. The molecule has 2 aliphatic rings. The molecular formula is C29H39N5O3S. The number of H-pyrrole nitrogens is 1. The van der Waals surface area contributed by atoms with Gasteiger partial charge >= 0.3 is 0 Å². The molecule has 1 amide bonds. The van der Waals surface area contributed by atoms with Crippen molar-refractivity contribution in [1.82, 2.24) is 19.1 Å². The normalized spacial score (nSPS) is 18.8. The third-order valence-electron chi connectivity index (χ3n) is 8.13. The number of hydrogen-bond donors (Lipinski definition) is 2. The fourth-order valence-corrected chi connectivity index (χ4v) is 7.43. The van der Waals surface area contributed by atoms with E-state index in [2.05, 4.69) is 40.0 Å². The van der Waals surface area contributed by atoms with Crippen LogP contribution in [0.2, 0.25) is 0 Å². The van der Waals surface area contributed by atoms with Crippen molar-refractivity contribution in [1.29, 1.82) is 0 Å². The quantitative estimate of drug-likeness (QED) is 0.437. The van der Waals surface area contributed by atoms with Crippen LogP contribution in [0.5, 0.6) is 0 Å². The average Bonchev–Trinajstić information content (AvgIpc) is 3.34. The maximum Gasteiger partial charge on any atom is 0.221 e. The lowest BCUT2D eigenvalue weighted by Gasteiger charge is -2.33. The van der Waals surface area contributed by atoms with E-state index in [1.807, 2.05) is 30.5 Å². The number of nitrogens with two attached hydrogens (primary N) is 1. The van der Waals surface area contributed by atoms with E-state index >= 15 is 0 Å². The second kappa shape index (κ2) is 11.6. The first-order chi connectivity index (χ1) is 18.3. The number of hydrogen-bond acceptors (Lipinski definition) is 5. The Morgan fingerprint density at radius 3 is 2.39 bits per heavy atom. The minimum absolute atomic E-state index is 0.169. The number of aromatic amines is 1. The summed E-state index contributed by atoms with van der Waals surface area (Å²) in [4.78, 5) is 19.9. The van der Waals surface area contributed by atoms with Crippen LogP contribution in [-0.4, -0.2) is 92.0 Å². The summed E-state index contributed by atoms with van der Waals surface area (Å²) in [6, 6.07) is 14.4. The Bertz CT molecular complexity index is 1360. The number of carbonyl (C=O) groups excluding carboxylic acids is 1. The topological polar surface area (TPSA) is 103 Å². The molecule has 0 aliphatic carbocycles. The molecule has 0 spiro atoms. The van der Waals surface area contributed by atoms with Gasteiger partial charge in [0.2, 0.25) is 15.9 Å². The van der Waals surface area contributed by atoms with E-state index in [1.165, 1.54) is 5.56 Å². The van der Waals surface area contributed by atoms with Crippen molar-refractivity contribution in [3.63, 3.8) is 0 Å². The third kappa shape index (κ3) is 6.12. The number of sulfonamides is 1. The summed E-state index contributed by atoms with van der Waals surface area (Å²) in [5, 5.41) is 1.09. The third-order valence-corrected chi connectivity index (χ3v) is 10.1. The molecule has 1 aromatic heterocycles. The van der Waals surface area contributed by atoms with Crippen molar-refractivity contribution in [2.75, 3.05) is 58.6 Å². The number of rotatable bonds is 9. The van der Waals surface area contributed by atoms with Crippen LogP contribution in [-0.2, 0) is 21.2 Å². The Balaban J connectivity index is 1.27. The second-order valence-corrected chi connectivity index (χ2v) is 12.9. The maximum atomic E-state index is 13.1. The molecule has 9 heteroatoms. The maximum absolute atomic E-state index is 13.1. The molecule has 2 aliphatic heterocycles. The lowest BCUT2D eigenvalue weighted by Crippen LogP contribution is -2.45. The summed E-state index contributed by atoms with van der Waals surface area (Å²) in [5.41, 5.74) is 10.7. The van der Waals surface area contributed by atoms with Crippen LogP contribution in [0, 0.1) is 0 Å². The highest BCUT2D eigenvalue weighted by Crippen LogP contribution is 2.37. The molecule has 5 rings (SSSR count). The van der Waals surface area contributed by atoms with Gasteiger partial charge in [0.25, 0.3) is 0 Å². The van der Waals surface area contributed by atoms with Crippen LogP contribution in [0.15, 0.2) is 48.7 Å². The van der Waals surface area contributed by atoms with Gasteiger partial charge in [0, 0.05) is 56.4 Å². The summed E-state index contributed by atoms with van der Waals surface area (Å²) < 4.78 is 27.9. The van der Waals surface area contributed by atoms with Gasteiger partial charge in [0.05, 0.1) is 12.2 Å². The number of fused-ring (bicyclic) bond motifs is 1. The standard InChI is InChI=1S/C29H39N5O3S/c1-32-13-15-33(16-14-32)10-5-17-38(36,37)34-11-8-23(9-12-34)27-21-31-29-25(20-28(30)35)18-24(19-26(27)29)22-6-3-2-4-7-22/h2-4,6-7,18-19,21,23,31H,5,8-17,20H2,1H3,(H2,30,35). The van der Waals surface area contributed by atoms with E-state index in [0.717, 1.165) is 73.2 Å². The molecule has 204 valence electrons. The molecule has 2 saturated heterocycles. The second-order valence-electron chi connectivity index (χ2n) is 10.8. The van der Waals surface area contributed by atoms with Gasteiger partial charge in [-0.25, -0.2) is 12.7 Å². The van der Waals surface area contributed by atoms with Gasteiger partial charge < -0.3 is 20.5 Å². The van der Waals surface area contributed by atoms with Gasteiger partial charge in [-0.15, -0.1) is 0 Å². The highest BCUT2D eigenvalue weighted by atomic mass is 32.2. The van der Waals surface area contributed by atoms with Crippen LogP contribution in [0.1, 0.15) is 36.3 Å². The number of primary amides is 1. The molecule has 38 heavy (non-hydrogen) atoms. The van der Waals surface area contributed by atoms with Crippen LogP contribution in [0.4, 0.5) is 0 Å². The predicted octanol–water partition coefficient (Wildman–Crippen LogP) is 3.01. The largest absolute Gasteiger partial charge is 0.369 e. The molecule has 2 fully saturated rings. The summed E-state index contributed by atoms with van der Waals surface area (Å²) in [5.74, 6) is 0.111. The lowest BCUT2D eigenvalue weighted by atomic mass is 9.88. The van der Waals surface area contributed by atoms with Crippen molar-refractivity contribution >= 4 is 26.8 Å². The first kappa shape index (κ1) is 26.9. The number of nitrogens with zero attached hydrogens (tertiary/aromatic N) is 3. The van der Waals surface area contributed by atoms with Gasteiger partial charge in [0.15, 0.2) is 0 Å². The molecule has 0 bridgehead atoms. The summed E-state index contributed by atoms with van der Waals surface area (Å²) >= 11 is 0. The Labute approximate surface area is 225 Å². The Morgan fingerprint density at radius 1 is 1.00 bits per heavy atom. The zero-order valence-electron chi connectivity index (χ0n) is 22.2. The molecule has 8 nitrogen and oxygen atoms in total. The summed E-state index contributed by atoms with van der Waals surface area (Å²) in [7, 11) is -1.13. The SMILES string of the molecule is CN1CCN(CCCS(=O)(=O)N2CCC(c3c[nH]c4c(CC(N)=O)cc(-c5ccccc5)cc34)CC2)CC1. The van der Waals surface area contributed by atoms with Gasteiger partial charge in [-0.1, -0.05) is 30.3 Å². The molecule has 3 heterocycles. The fraction of sp³-hybridized carbons (Fsp3) is 0.483. The molecule has 0 atom stereocenters. The Hall–Kier alpha value is -2.72. The Morgan fingerprint density at radius 2 is 1.71 bits per heavy atom. The van der Waals surface area contributed by atoms with Crippen LogP contribution >= 0.6 is 0 Å². The van der Waals surface area contributed by atoms with Gasteiger partial charge in [-0.2, -0.15) is 0 Å². The number of carbonyl (C=O) groups is 1. The number of piperidine rings is 1. The number of piperazine rings is 1. The lowest BCUT2D eigenvalue weighted by molar-refractivity contribution is -0.117. The molecular weight excluding hydrogens is 498 g/mol. The molecule has 3 N–H and O–H groups in total. The van der Waals surface area contributed by atoms with Crippen molar-refractivity contribution in [2.24, 2.45) is 5.73 Å². The first-order valence-electron chi connectivity index (χ1n) is 13.7. The van der Waals surface area contributed by atoms with Gasteiger partial charge in [-0.3, -0.25) is 4.79 Å². The van der Waals surface area contributed by atoms with Crippen LogP contribution in [0.25, 0.3) is 22.0 Å². The molecule has 2 aromatic carbocycles. The predicted molar refractivity (Wildman–Crippen MR) is 153 cm³/mol. The zero-order chi connectivity index (χ0) is 26.7. The number of benzene rings is 2. The summed E-state index contributed by atoms with van der Waals surface area (Å²) in [6.07, 6.45) is 4.45. The van der Waals surface area contributed by atoms with Crippen molar-refractivity contribution < 1.29 is 13.2 Å². The number of amides is 1.